The van der Waals surface area contributed by atoms with Gasteiger partial charge < -0.3 is 9.15 Å². The Morgan fingerprint density at radius 1 is 1.33 bits per heavy atom. The molecule has 1 saturated heterocycles. The minimum atomic E-state index is -0.535. The Kier molecular flexibility index (Phi) is 5.28. The molecule has 4 heterocycles. The number of thioether (sulfide) groups is 1. The van der Waals surface area contributed by atoms with Gasteiger partial charge in [-0.2, -0.15) is 0 Å². The number of benzene rings is 1. The molecule has 154 valence electrons. The van der Waals surface area contributed by atoms with Crippen molar-refractivity contribution in [1.29, 1.82) is 0 Å². The molecule has 1 fully saturated rings. The van der Waals surface area contributed by atoms with Gasteiger partial charge in [0, 0.05) is 12.2 Å². The van der Waals surface area contributed by atoms with Crippen LogP contribution in [0.25, 0.3) is 21.8 Å². The molecule has 1 N–H and O–H groups in total. The van der Waals surface area contributed by atoms with E-state index in [2.05, 4.69) is 15.2 Å². The molecule has 0 saturated carbocycles. The lowest BCUT2D eigenvalue weighted by molar-refractivity contribution is 0.0953. The minimum absolute atomic E-state index is 0.0740. The Labute approximate surface area is 179 Å². The third kappa shape index (κ3) is 3.85. The molecule has 0 unspecified atom stereocenters. The maximum Gasteiger partial charge on any atom is 0.417 e. The van der Waals surface area contributed by atoms with Crippen molar-refractivity contribution >= 4 is 40.0 Å². The van der Waals surface area contributed by atoms with Crippen LogP contribution in [0.4, 0.5) is 0 Å². The number of fused-ring (bicyclic) bond motifs is 1. The van der Waals surface area contributed by atoms with Gasteiger partial charge in [-0.05, 0) is 42.5 Å². The molecule has 4 aromatic rings. The normalized spacial score (nSPS) is 16.5. The van der Waals surface area contributed by atoms with E-state index in [4.69, 9.17) is 9.15 Å². The highest BCUT2D eigenvalue weighted by Crippen LogP contribution is 2.29. The van der Waals surface area contributed by atoms with Gasteiger partial charge in [0.15, 0.2) is 22.3 Å². The summed E-state index contributed by atoms with van der Waals surface area (Å²) >= 11 is 2.96. The predicted octanol–water partition coefficient (Wildman–Crippen LogP) is 3.60. The van der Waals surface area contributed by atoms with E-state index in [0.717, 1.165) is 30.2 Å². The molecule has 10 heteroatoms. The SMILES string of the molecule is O=C(CSc1nnc(-c2cccs2)n1C[C@H]1CCCO1)c1ccc2[nH]c(=O)oc2c1. The number of carbonyl (C=O) groups is 1. The van der Waals surface area contributed by atoms with Gasteiger partial charge >= 0.3 is 5.76 Å². The topological polar surface area (TPSA) is 103 Å². The smallest absolute Gasteiger partial charge is 0.408 e. The summed E-state index contributed by atoms with van der Waals surface area (Å²) in [6, 6.07) is 8.94. The molecule has 8 nitrogen and oxygen atoms in total. The van der Waals surface area contributed by atoms with Crippen molar-refractivity contribution < 1.29 is 13.9 Å². The van der Waals surface area contributed by atoms with Gasteiger partial charge in [-0.25, -0.2) is 4.79 Å². The number of ether oxygens (including phenoxy) is 1. The van der Waals surface area contributed by atoms with Crippen molar-refractivity contribution in [3.05, 3.63) is 51.8 Å². The van der Waals surface area contributed by atoms with E-state index in [9.17, 15) is 9.59 Å². The summed E-state index contributed by atoms with van der Waals surface area (Å²) < 4.78 is 12.9. The molecular weight excluding hydrogens is 424 g/mol. The van der Waals surface area contributed by atoms with E-state index in [-0.39, 0.29) is 17.6 Å². The Morgan fingerprint density at radius 3 is 3.07 bits per heavy atom. The van der Waals surface area contributed by atoms with Gasteiger partial charge in [-0.3, -0.25) is 14.3 Å². The summed E-state index contributed by atoms with van der Waals surface area (Å²) in [7, 11) is 0. The molecule has 3 aromatic heterocycles. The zero-order chi connectivity index (χ0) is 20.5. The van der Waals surface area contributed by atoms with E-state index in [1.165, 1.54) is 11.8 Å². The first kappa shape index (κ1) is 19.3. The molecule has 0 amide bonds. The number of hydrogen-bond acceptors (Lipinski definition) is 8. The molecule has 5 rings (SSSR count). The first-order chi connectivity index (χ1) is 14.7. The zero-order valence-electron chi connectivity index (χ0n) is 15.9. The predicted molar refractivity (Wildman–Crippen MR) is 114 cm³/mol. The summed E-state index contributed by atoms with van der Waals surface area (Å²) in [6.45, 7) is 1.44. The number of nitrogens with one attached hydrogen (secondary N) is 1. The van der Waals surface area contributed by atoms with Crippen molar-refractivity contribution in [2.24, 2.45) is 0 Å². The lowest BCUT2D eigenvalue weighted by atomic mass is 10.1. The number of nitrogens with zero attached hydrogens (tertiary/aromatic N) is 3. The van der Waals surface area contributed by atoms with Crippen molar-refractivity contribution in [2.45, 2.75) is 30.6 Å². The van der Waals surface area contributed by atoms with Gasteiger partial charge in [-0.15, -0.1) is 21.5 Å². The van der Waals surface area contributed by atoms with Crippen LogP contribution in [0.15, 0.2) is 50.1 Å². The van der Waals surface area contributed by atoms with Crippen LogP contribution in [0, 0.1) is 0 Å². The molecule has 1 aliphatic rings. The average Bonchev–Trinajstić information content (AvgIpc) is 3.52. The third-order valence-electron chi connectivity index (χ3n) is 4.94. The largest absolute Gasteiger partial charge is 0.417 e. The number of aromatic amines is 1. The molecule has 0 radical (unpaired) electrons. The van der Waals surface area contributed by atoms with E-state index < -0.39 is 5.76 Å². The maximum atomic E-state index is 12.7. The molecule has 0 aliphatic carbocycles. The number of aromatic nitrogens is 4. The quantitative estimate of drug-likeness (QED) is 0.345. The molecular formula is C20H18N4O4S2. The Hall–Kier alpha value is -2.69. The highest BCUT2D eigenvalue weighted by molar-refractivity contribution is 7.99. The Morgan fingerprint density at radius 2 is 2.27 bits per heavy atom. The number of thiophene rings is 1. The number of carbonyl (C=O) groups excluding carboxylic acids is 1. The summed E-state index contributed by atoms with van der Waals surface area (Å²) in [4.78, 5) is 27.7. The first-order valence-electron chi connectivity index (χ1n) is 9.55. The monoisotopic (exact) mass is 442 g/mol. The number of H-pyrrole nitrogens is 1. The second-order valence-electron chi connectivity index (χ2n) is 6.97. The zero-order valence-corrected chi connectivity index (χ0v) is 17.5. The van der Waals surface area contributed by atoms with Crippen LogP contribution in [0.3, 0.4) is 0 Å². The lowest BCUT2D eigenvalue weighted by Crippen LogP contribution is -2.17. The van der Waals surface area contributed by atoms with Gasteiger partial charge in [0.1, 0.15) is 0 Å². The summed E-state index contributed by atoms with van der Waals surface area (Å²) in [6.07, 6.45) is 2.20. The van der Waals surface area contributed by atoms with E-state index in [0.29, 0.717) is 28.4 Å². The number of ketones is 1. The number of Topliss-reactive ketones (excluding diaryl/α,β-unsaturated/α-hetero) is 1. The van der Waals surface area contributed by atoms with E-state index in [1.807, 2.05) is 22.1 Å². The fourth-order valence-electron chi connectivity index (χ4n) is 3.47. The van der Waals surface area contributed by atoms with Gasteiger partial charge in [-0.1, -0.05) is 17.8 Å². The Bertz CT molecular complexity index is 1240. The number of oxazole rings is 1. The highest BCUT2D eigenvalue weighted by atomic mass is 32.2. The second kappa shape index (κ2) is 8.21. The number of rotatable bonds is 7. The van der Waals surface area contributed by atoms with Crippen molar-refractivity contribution in [3.63, 3.8) is 0 Å². The summed E-state index contributed by atoms with van der Waals surface area (Å²) in [5, 5.41) is 11.4. The maximum absolute atomic E-state index is 12.7. The number of hydrogen-bond donors (Lipinski definition) is 1. The Balaban J connectivity index is 1.36. The van der Waals surface area contributed by atoms with Crippen molar-refractivity contribution in [2.75, 3.05) is 12.4 Å². The lowest BCUT2D eigenvalue weighted by Gasteiger charge is -2.14. The average molecular weight is 443 g/mol. The molecule has 1 atom stereocenters. The van der Waals surface area contributed by atoms with Crippen LogP contribution in [0.5, 0.6) is 0 Å². The van der Waals surface area contributed by atoms with Crippen LogP contribution >= 0.6 is 23.1 Å². The van der Waals surface area contributed by atoms with Crippen molar-refractivity contribution in [3.8, 4) is 10.7 Å². The van der Waals surface area contributed by atoms with Crippen molar-refractivity contribution in [1.82, 2.24) is 19.7 Å². The third-order valence-corrected chi connectivity index (χ3v) is 6.78. The second-order valence-corrected chi connectivity index (χ2v) is 8.86. The molecule has 30 heavy (non-hydrogen) atoms. The molecule has 1 aromatic carbocycles. The van der Waals surface area contributed by atoms with E-state index >= 15 is 0 Å². The molecule has 0 bridgehead atoms. The van der Waals surface area contributed by atoms with Crippen LogP contribution in [0.1, 0.15) is 23.2 Å². The van der Waals surface area contributed by atoms with E-state index in [1.54, 1.807) is 29.5 Å². The molecule has 1 aliphatic heterocycles. The summed E-state index contributed by atoms with van der Waals surface area (Å²) in [5.74, 6) is 0.391. The minimum Gasteiger partial charge on any atom is -0.408 e. The van der Waals surface area contributed by atoms with Crippen LogP contribution in [-0.2, 0) is 11.3 Å². The van der Waals surface area contributed by atoms with Crippen LogP contribution in [0.2, 0.25) is 0 Å². The first-order valence-corrected chi connectivity index (χ1v) is 11.4. The molecule has 0 spiro atoms. The fourth-order valence-corrected chi connectivity index (χ4v) is 5.03. The fraction of sp³-hybridized carbons (Fsp3) is 0.300. The standard InChI is InChI=1S/C20H18N4O4S2/c25-15(12-5-6-14-16(9-12)28-20(26)21-14)11-30-19-23-22-18(17-4-2-8-29-17)24(19)10-13-3-1-7-27-13/h2,4-6,8-9,13H,1,3,7,10-11H2,(H,21,26)/t13-/m1/s1. The highest BCUT2D eigenvalue weighted by Gasteiger charge is 2.23. The van der Waals surface area contributed by atoms with Gasteiger partial charge in [0.2, 0.25) is 0 Å². The van der Waals surface area contributed by atoms with Crippen LogP contribution in [-0.4, -0.2) is 44.0 Å². The van der Waals surface area contributed by atoms with Crippen LogP contribution < -0.4 is 5.76 Å². The summed E-state index contributed by atoms with van der Waals surface area (Å²) in [5.41, 5.74) is 1.43. The van der Waals surface area contributed by atoms with Gasteiger partial charge in [0.25, 0.3) is 0 Å². The van der Waals surface area contributed by atoms with Gasteiger partial charge in [0.05, 0.1) is 28.8 Å².